The van der Waals surface area contributed by atoms with Crippen molar-refractivity contribution in [3.63, 3.8) is 0 Å². The van der Waals surface area contributed by atoms with Crippen molar-refractivity contribution in [2.45, 2.75) is 52.4 Å². The minimum atomic E-state index is -0.0226. The molecule has 6 heteroatoms. The van der Waals surface area contributed by atoms with Crippen LogP contribution < -0.4 is 16.2 Å². The molecular formula is C56H42BN2O2S. The number of aromatic nitrogens is 1. The van der Waals surface area contributed by atoms with Gasteiger partial charge in [-0.3, -0.25) is 0 Å². The molecule has 1 radical (unpaired) electrons. The SMILES string of the molecule is CC(C)(C)c1ccc(Nc2cc3oc4ccccc4c3cc2-c2c3c4c(c5cc(C(C)(C)C)ccc5n4-c4cc5c(cc4[B]3)oc3ccccc35)c3sc4ccccc4c23)cc1. The Balaban J connectivity index is 1.21. The van der Waals surface area contributed by atoms with Crippen LogP contribution in [0.2, 0.25) is 0 Å². The lowest BCUT2D eigenvalue weighted by Crippen LogP contribution is -2.37. The fraction of sp³-hybridized carbons (Fsp3) is 0.143. The van der Waals surface area contributed by atoms with Crippen molar-refractivity contribution < 1.29 is 8.83 Å². The van der Waals surface area contributed by atoms with Crippen LogP contribution in [0.4, 0.5) is 11.4 Å². The maximum Gasteiger partial charge on any atom is 0.198 e. The average Bonchev–Trinajstić information content (AvgIpc) is 4.01. The number of thiophene rings is 1. The third kappa shape index (κ3) is 5.07. The van der Waals surface area contributed by atoms with E-state index >= 15 is 0 Å². The van der Waals surface area contributed by atoms with Gasteiger partial charge in [-0.1, -0.05) is 120 Å². The molecule has 0 spiro atoms. The second kappa shape index (κ2) is 12.4. The van der Waals surface area contributed by atoms with Crippen molar-refractivity contribution >= 4 is 127 Å². The third-order valence-electron chi connectivity index (χ3n) is 13.3. The van der Waals surface area contributed by atoms with Crippen LogP contribution in [0, 0.1) is 0 Å². The van der Waals surface area contributed by atoms with E-state index in [9.17, 15) is 0 Å². The van der Waals surface area contributed by atoms with Gasteiger partial charge in [0.15, 0.2) is 7.28 Å². The fourth-order valence-corrected chi connectivity index (χ4v) is 11.4. The van der Waals surface area contributed by atoms with Gasteiger partial charge in [0, 0.05) is 75.5 Å². The third-order valence-corrected chi connectivity index (χ3v) is 14.5. The van der Waals surface area contributed by atoms with Crippen molar-refractivity contribution in [3.05, 3.63) is 151 Å². The van der Waals surface area contributed by atoms with Gasteiger partial charge in [-0.05, 0) is 93.6 Å². The molecule has 5 heterocycles. The number of nitrogens with zero attached hydrogens (tertiary/aromatic N) is 1. The summed E-state index contributed by atoms with van der Waals surface area (Å²) in [5.74, 6) is 0. The molecule has 4 nitrogen and oxygen atoms in total. The monoisotopic (exact) mass is 817 g/mol. The Morgan fingerprint density at radius 1 is 0.548 bits per heavy atom. The Bertz CT molecular complexity index is 3880. The molecule has 12 aromatic rings. The van der Waals surface area contributed by atoms with Crippen LogP contribution >= 0.6 is 11.3 Å². The summed E-state index contributed by atoms with van der Waals surface area (Å²) in [6.45, 7) is 13.7. The predicted molar refractivity (Wildman–Crippen MR) is 266 cm³/mol. The minimum absolute atomic E-state index is 0.0226. The molecule has 0 atom stereocenters. The Morgan fingerprint density at radius 3 is 1.89 bits per heavy atom. The van der Waals surface area contributed by atoms with E-state index in [4.69, 9.17) is 8.83 Å². The van der Waals surface area contributed by atoms with E-state index in [1.165, 1.54) is 69.8 Å². The highest BCUT2D eigenvalue weighted by Crippen LogP contribution is 2.50. The number of furan rings is 2. The molecule has 297 valence electrons. The van der Waals surface area contributed by atoms with Crippen molar-refractivity contribution in [1.29, 1.82) is 0 Å². The van der Waals surface area contributed by atoms with Gasteiger partial charge in [-0.15, -0.1) is 11.3 Å². The fourth-order valence-electron chi connectivity index (χ4n) is 10.2. The normalized spacial score (nSPS) is 13.1. The molecule has 8 aromatic carbocycles. The molecule has 0 unspecified atom stereocenters. The number of hydrogen-bond acceptors (Lipinski definition) is 4. The highest BCUT2D eigenvalue weighted by atomic mass is 32.1. The van der Waals surface area contributed by atoms with E-state index in [1.54, 1.807) is 0 Å². The molecule has 0 amide bonds. The van der Waals surface area contributed by atoms with E-state index in [0.29, 0.717) is 0 Å². The number of hydrogen-bond donors (Lipinski definition) is 1. The predicted octanol–water partition coefficient (Wildman–Crippen LogP) is 14.9. The summed E-state index contributed by atoms with van der Waals surface area (Å²) in [5, 5.41) is 13.5. The Hall–Kier alpha value is -6.76. The lowest BCUT2D eigenvalue weighted by molar-refractivity contribution is 0.590. The molecule has 0 aliphatic carbocycles. The first-order valence-electron chi connectivity index (χ1n) is 21.6. The maximum atomic E-state index is 6.62. The summed E-state index contributed by atoms with van der Waals surface area (Å²) in [6.07, 6.45) is 0. The largest absolute Gasteiger partial charge is 0.456 e. The number of rotatable bonds is 3. The summed E-state index contributed by atoms with van der Waals surface area (Å²) >= 11 is 1.91. The van der Waals surface area contributed by atoms with Gasteiger partial charge < -0.3 is 18.7 Å². The van der Waals surface area contributed by atoms with Crippen LogP contribution in [0.1, 0.15) is 52.7 Å². The van der Waals surface area contributed by atoms with Crippen molar-refractivity contribution in [2.75, 3.05) is 5.32 Å². The second-order valence-corrected chi connectivity index (χ2v) is 20.3. The summed E-state index contributed by atoms with van der Waals surface area (Å²) in [4.78, 5) is 0. The van der Waals surface area contributed by atoms with Gasteiger partial charge in [0.05, 0.1) is 16.7 Å². The highest BCUT2D eigenvalue weighted by Gasteiger charge is 2.33. The zero-order valence-electron chi connectivity index (χ0n) is 35.5. The number of benzene rings is 8. The first-order valence-corrected chi connectivity index (χ1v) is 22.4. The standard InChI is InChI=1S/C56H42BN2O2S/c1-55(2,3)30-19-22-32(23-20-30)58-41-29-47-36(33-13-7-10-16-44(33)61-47)26-38(41)49-50-35-15-9-12-18-48(35)62-54(50)51-39-25-31(56(4,5)6)21-24-42(39)59-43-27-37-34-14-8-11-17-45(34)60-46(37)28-40(43)57-52(49)53(51)59/h7-29,58H,1-6H3. The molecule has 1 N–H and O–H groups in total. The van der Waals surface area contributed by atoms with Gasteiger partial charge in [0.25, 0.3) is 0 Å². The lowest BCUT2D eigenvalue weighted by Gasteiger charge is -2.25. The van der Waals surface area contributed by atoms with Gasteiger partial charge in [0.2, 0.25) is 0 Å². The first kappa shape index (κ1) is 35.9. The Morgan fingerprint density at radius 2 is 1.18 bits per heavy atom. The summed E-state index contributed by atoms with van der Waals surface area (Å²) in [5.41, 5.74) is 16.5. The maximum absolute atomic E-state index is 6.62. The van der Waals surface area contributed by atoms with Crippen LogP contribution in [0.5, 0.6) is 0 Å². The molecule has 62 heavy (non-hydrogen) atoms. The molecule has 0 saturated carbocycles. The zero-order chi connectivity index (χ0) is 41.8. The van der Waals surface area contributed by atoms with Gasteiger partial charge in [-0.2, -0.15) is 0 Å². The number of anilines is 2. The molecule has 0 fully saturated rings. The van der Waals surface area contributed by atoms with E-state index < -0.39 is 0 Å². The molecule has 0 bridgehead atoms. The summed E-state index contributed by atoms with van der Waals surface area (Å²) < 4.78 is 18.3. The lowest BCUT2D eigenvalue weighted by atomic mass is 9.58. The number of para-hydroxylation sites is 2. The molecule has 13 rings (SSSR count). The van der Waals surface area contributed by atoms with E-state index in [2.05, 4.69) is 198 Å². The smallest absolute Gasteiger partial charge is 0.198 e. The molecule has 1 aliphatic heterocycles. The van der Waals surface area contributed by atoms with Crippen LogP contribution in [0.3, 0.4) is 0 Å². The number of nitrogens with one attached hydrogen (secondary N) is 1. The molecule has 0 saturated heterocycles. The van der Waals surface area contributed by atoms with Gasteiger partial charge >= 0.3 is 0 Å². The molecular weight excluding hydrogens is 776 g/mol. The quantitative estimate of drug-likeness (QED) is 0.181. The van der Waals surface area contributed by atoms with Crippen LogP contribution in [-0.2, 0) is 10.8 Å². The van der Waals surface area contributed by atoms with Crippen LogP contribution in [0.25, 0.3) is 103 Å². The van der Waals surface area contributed by atoms with Crippen LogP contribution in [-0.4, -0.2) is 11.8 Å². The second-order valence-electron chi connectivity index (χ2n) is 19.2. The van der Waals surface area contributed by atoms with Gasteiger partial charge in [-0.25, -0.2) is 0 Å². The Kier molecular flexibility index (Phi) is 7.21. The summed E-state index contributed by atoms with van der Waals surface area (Å²) in [6, 6.07) is 51.1. The van der Waals surface area contributed by atoms with Crippen molar-refractivity contribution in [3.8, 4) is 16.8 Å². The van der Waals surface area contributed by atoms with Crippen molar-refractivity contribution in [1.82, 2.24) is 4.57 Å². The van der Waals surface area contributed by atoms with Crippen molar-refractivity contribution in [2.24, 2.45) is 0 Å². The highest BCUT2D eigenvalue weighted by molar-refractivity contribution is 7.27. The molecule has 4 aromatic heterocycles. The van der Waals surface area contributed by atoms with E-state index in [-0.39, 0.29) is 10.8 Å². The average molecular weight is 818 g/mol. The van der Waals surface area contributed by atoms with E-state index in [0.717, 1.165) is 66.3 Å². The summed E-state index contributed by atoms with van der Waals surface area (Å²) in [7, 11) is 2.44. The van der Waals surface area contributed by atoms with E-state index in [1.807, 2.05) is 11.3 Å². The first-order chi connectivity index (χ1) is 30.0. The topological polar surface area (TPSA) is 43.2 Å². The number of fused-ring (bicyclic) bond motifs is 15. The zero-order valence-corrected chi connectivity index (χ0v) is 36.3. The molecule has 1 aliphatic rings. The minimum Gasteiger partial charge on any atom is -0.456 e. The Labute approximate surface area is 363 Å². The van der Waals surface area contributed by atoms with Gasteiger partial charge in [0.1, 0.15) is 22.3 Å². The van der Waals surface area contributed by atoms with Crippen LogP contribution in [0.15, 0.2) is 148 Å².